The molecule has 18 heavy (non-hydrogen) atoms. The summed E-state index contributed by atoms with van der Waals surface area (Å²) in [4.78, 5) is 11.9. The van der Waals surface area contributed by atoms with E-state index in [0.29, 0.717) is 0 Å². The summed E-state index contributed by atoms with van der Waals surface area (Å²) >= 11 is 0. The van der Waals surface area contributed by atoms with Gasteiger partial charge in [-0.25, -0.2) is 4.39 Å². The summed E-state index contributed by atoms with van der Waals surface area (Å²) in [6, 6.07) is 5.31. The highest BCUT2D eigenvalue weighted by Gasteiger charge is 2.28. The van der Waals surface area contributed by atoms with Crippen LogP contribution in [-0.2, 0) is 4.79 Å². The highest BCUT2D eigenvalue weighted by Crippen LogP contribution is 2.19. The lowest BCUT2D eigenvalue weighted by atomic mass is 9.86. The molecule has 1 amide bonds. The molecule has 0 fully saturated rings. The second-order valence-electron chi connectivity index (χ2n) is 5.63. The summed E-state index contributed by atoms with van der Waals surface area (Å²) < 4.78 is 12.8. The topological polar surface area (TPSA) is 55.1 Å². The number of carbonyl (C=O) groups is 1. The summed E-state index contributed by atoms with van der Waals surface area (Å²) in [5, 5.41) is 2.84. The van der Waals surface area contributed by atoms with Gasteiger partial charge in [-0.05, 0) is 30.0 Å². The lowest BCUT2D eigenvalue weighted by Crippen LogP contribution is -2.49. The molecule has 0 bridgehead atoms. The minimum atomic E-state index is -0.569. The average molecular weight is 252 g/mol. The van der Waals surface area contributed by atoms with Gasteiger partial charge < -0.3 is 11.1 Å². The molecule has 0 aromatic heterocycles. The SMILES string of the molecule is C[C@H](NC(=O)[C@@H](N)C(C)(C)C)c1ccc(F)cc1. The van der Waals surface area contributed by atoms with Crippen molar-refractivity contribution in [3.05, 3.63) is 35.6 Å². The second kappa shape index (κ2) is 5.48. The summed E-state index contributed by atoms with van der Waals surface area (Å²) in [5.74, 6) is -0.483. The fourth-order valence-corrected chi connectivity index (χ4v) is 1.53. The molecule has 0 heterocycles. The number of halogens is 1. The fourth-order valence-electron chi connectivity index (χ4n) is 1.53. The monoisotopic (exact) mass is 252 g/mol. The van der Waals surface area contributed by atoms with Crippen LogP contribution in [0.4, 0.5) is 4.39 Å². The Labute approximate surface area is 108 Å². The third kappa shape index (κ3) is 3.81. The lowest BCUT2D eigenvalue weighted by Gasteiger charge is -2.27. The summed E-state index contributed by atoms with van der Waals surface area (Å²) in [5.41, 5.74) is 6.44. The Morgan fingerprint density at radius 3 is 2.22 bits per heavy atom. The number of hydrogen-bond donors (Lipinski definition) is 2. The number of amides is 1. The van der Waals surface area contributed by atoms with Crippen LogP contribution in [0.3, 0.4) is 0 Å². The largest absolute Gasteiger partial charge is 0.348 e. The molecule has 0 unspecified atom stereocenters. The van der Waals surface area contributed by atoms with Gasteiger partial charge in [-0.1, -0.05) is 32.9 Å². The molecule has 3 N–H and O–H groups in total. The van der Waals surface area contributed by atoms with E-state index in [1.807, 2.05) is 27.7 Å². The summed E-state index contributed by atoms with van der Waals surface area (Å²) in [6.45, 7) is 7.60. The smallest absolute Gasteiger partial charge is 0.237 e. The van der Waals surface area contributed by atoms with Crippen LogP contribution in [0.25, 0.3) is 0 Å². The predicted octanol–water partition coefficient (Wildman–Crippen LogP) is 2.38. The van der Waals surface area contributed by atoms with Crippen LogP contribution in [0.5, 0.6) is 0 Å². The van der Waals surface area contributed by atoms with Gasteiger partial charge in [0.25, 0.3) is 0 Å². The third-order valence-corrected chi connectivity index (χ3v) is 2.94. The van der Waals surface area contributed by atoms with Gasteiger partial charge >= 0.3 is 0 Å². The summed E-state index contributed by atoms with van der Waals surface area (Å²) in [6.07, 6.45) is 0. The van der Waals surface area contributed by atoms with Gasteiger partial charge in [0.2, 0.25) is 5.91 Å². The van der Waals surface area contributed by atoms with Crippen LogP contribution in [0.1, 0.15) is 39.3 Å². The number of nitrogens with two attached hydrogens (primary N) is 1. The molecular weight excluding hydrogens is 231 g/mol. The number of hydrogen-bond acceptors (Lipinski definition) is 2. The van der Waals surface area contributed by atoms with Crippen LogP contribution < -0.4 is 11.1 Å². The first-order valence-corrected chi connectivity index (χ1v) is 6.03. The van der Waals surface area contributed by atoms with Crippen molar-refractivity contribution in [2.75, 3.05) is 0 Å². The van der Waals surface area contributed by atoms with Crippen LogP contribution in [0.2, 0.25) is 0 Å². The Hall–Kier alpha value is -1.42. The third-order valence-electron chi connectivity index (χ3n) is 2.94. The van der Waals surface area contributed by atoms with Gasteiger partial charge in [-0.3, -0.25) is 4.79 Å². The van der Waals surface area contributed by atoms with E-state index in [1.54, 1.807) is 12.1 Å². The Morgan fingerprint density at radius 2 is 1.78 bits per heavy atom. The van der Waals surface area contributed by atoms with Gasteiger partial charge in [0, 0.05) is 0 Å². The molecule has 0 saturated carbocycles. The highest BCUT2D eigenvalue weighted by atomic mass is 19.1. The average Bonchev–Trinajstić information content (AvgIpc) is 2.27. The van der Waals surface area contributed by atoms with E-state index in [0.717, 1.165) is 5.56 Å². The van der Waals surface area contributed by atoms with Crippen LogP contribution in [0.15, 0.2) is 24.3 Å². The maximum Gasteiger partial charge on any atom is 0.237 e. The van der Waals surface area contributed by atoms with Crippen LogP contribution in [-0.4, -0.2) is 11.9 Å². The zero-order chi connectivity index (χ0) is 13.9. The maximum atomic E-state index is 12.8. The Kier molecular flexibility index (Phi) is 4.46. The highest BCUT2D eigenvalue weighted by molar-refractivity contribution is 5.82. The standard InChI is InChI=1S/C14H21FN2O/c1-9(10-5-7-11(15)8-6-10)17-13(18)12(16)14(2,3)4/h5-9,12H,16H2,1-4H3,(H,17,18)/t9-,12+/m0/s1. The van der Waals surface area contributed by atoms with E-state index in [4.69, 9.17) is 5.73 Å². The number of benzene rings is 1. The molecule has 1 aromatic carbocycles. The van der Waals surface area contributed by atoms with Crippen LogP contribution in [0, 0.1) is 11.2 Å². The van der Waals surface area contributed by atoms with Crippen LogP contribution >= 0.6 is 0 Å². The van der Waals surface area contributed by atoms with Crippen molar-refractivity contribution < 1.29 is 9.18 Å². The van der Waals surface area contributed by atoms with Gasteiger partial charge in [0.15, 0.2) is 0 Å². The zero-order valence-corrected chi connectivity index (χ0v) is 11.3. The Morgan fingerprint density at radius 1 is 1.28 bits per heavy atom. The minimum Gasteiger partial charge on any atom is -0.348 e. The zero-order valence-electron chi connectivity index (χ0n) is 11.3. The molecule has 0 spiro atoms. The number of nitrogens with one attached hydrogen (secondary N) is 1. The van der Waals surface area contributed by atoms with Crippen molar-refractivity contribution in [1.82, 2.24) is 5.32 Å². The molecule has 0 aliphatic heterocycles. The van der Waals surface area contributed by atoms with E-state index < -0.39 is 6.04 Å². The lowest BCUT2D eigenvalue weighted by molar-refractivity contribution is -0.125. The van der Waals surface area contributed by atoms with Gasteiger partial charge in [0.1, 0.15) is 5.82 Å². The van der Waals surface area contributed by atoms with Gasteiger partial charge in [-0.15, -0.1) is 0 Å². The van der Waals surface area contributed by atoms with Crippen molar-refractivity contribution in [3.8, 4) is 0 Å². The molecule has 2 atom stereocenters. The molecule has 0 saturated heterocycles. The van der Waals surface area contributed by atoms with Crippen molar-refractivity contribution in [3.63, 3.8) is 0 Å². The maximum absolute atomic E-state index is 12.8. The molecule has 0 aliphatic rings. The van der Waals surface area contributed by atoms with Gasteiger partial charge in [0.05, 0.1) is 12.1 Å². The quantitative estimate of drug-likeness (QED) is 0.867. The Balaban J connectivity index is 2.68. The molecule has 100 valence electrons. The molecule has 0 aliphatic carbocycles. The van der Waals surface area contributed by atoms with Gasteiger partial charge in [-0.2, -0.15) is 0 Å². The Bertz CT molecular complexity index is 409. The minimum absolute atomic E-state index is 0.188. The molecule has 0 radical (unpaired) electrons. The fraction of sp³-hybridized carbons (Fsp3) is 0.500. The first kappa shape index (κ1) is 14.6. The molecule has 1 rings (SSSR count). The molecule has 1 aromatic rings. The van der Waals surface area contributed by atoms with Crippen molar-refractivity contribution >= 4 is 5.91 Å². The molecule has 4 heteroatoms. The van der Waals surface area contributed by atoms with Crippen molar-refractivity contribution in [2.45, 2.75) is 39.8 Å². The van der Waals surface area contributed by atoms with E-state index >= 15 is 0 Å². The summed E-state index contributed by atoms with van der Waals surface area (Å²) in [7, 11) is 0. The predicted molar refractivity (Wildman–Crippen MR) is 70.4 cm³/mol. The number of rotatable bonds is 3. The second-order valence-corrected chi connectivity index (χ2v) is 5.63. The van der Waals surface area contributed by atoms with Crippen molar-refractivity contribution in [1.29, 1.82) is 0 Å². The van der Waals surface area contributed by atoms with E-state index in [9.17, 15) is 9.18 Å². The first-order valence-electron chi connectivity index (χ1n) is 6.03. The number of carbonyl (C=O) groups excluding carboxylic acids is 1. The first-order chi connectivity index (χ1) is 8.21. The van der Waals surface area contributed by atoms with E-state index in [2.05, 4.69) is 5.32 Å². The normalized spacial score (nSPS) is 15.0. The molecule has 3 nitrogen and oxygen atoms in total. The molecular formula is C14H21FN2O. The van der Waals surface area contributed by atoms with E-state index in [1.165, 1.54) is 12.1 Å². The van der Waals surface area contributed by atoms with E-state index in [-0.39, 0.29) is 23.2 Å². The van der Waals surface area contributed by atoms with Crippen molar-refractivity contribution in [2.24, 2.45) is 11.1 Å².